The van der Waals surface area contributed by atoms with E-state index in [1.807, 2.05) is 6.07 Å². The first-order valence-electron chi connectivity index (χ1n) is 4.06. The fraction of sp³-hybridized carbons (Fsp3) is 0.400. The Balaban J connectivity index is 2.61. The average Bonchev–Trinajstić information content (AvgIpc) is 2.13. The van der Waals surface area contributed by atoms with Crippen LogP contribution < -0.4 is 0 Å². The molecule has 0 aromatic heterocycles. The maximum atomic E-state index is 13.3. The van der Waals surface area contributed by atoms with Crippen LogP contribution >= 0.6 is 0 Å². The molecule has 13 heavy (non-hydrogen) atoms. The highest BCUT2D eigenvalue weighted by Gasteiger charge is 2.03. The highest BCUT2D eigenvalue weighted by atomic mass is 19.1. The largest absolute Gasteiger partial charge is 0.359 e. The van der Waals surface area contributed by atoms with Crippen molar-refractivity contribution in [2.75, 3.05) is 13.9 Å². The van der Waals surface area contributed by atoms with Crippen molar-refractivity contribution in [2.45, 2.75) is 13.5 Å². The van der Waals surface area contributed by atoms with Crippen molar-refractivity contribution in [1.82, 2.24) is 0 Å². The third-order valence-electron chi connectivity index (χ3n) is 1.73. The Bertz CT molecular complexity index is 274. The molecule has 0 amide bonds. The van der Waals surface area contributed by atoms with Crippen molar-refractivity contribution >= 4 is 0 Å². The van der Waals surface area contributed by atoms with Crippen molar-refractivity contribution in [3.8, 4) is 0 Å². The summed E-state index contributed by atoms with van der Waals surface area (Å²) >= 11 is 0. The minimum Gasteiger partial charge on any atom is -0.359 e. The van der Waals surface area contributed by atoms with E-state index in [1.54, 1.807) is 19.1 Å². The molecular weight excluding hydrogens is 171 g/mol. The minimum absolute atomic E-state index is 0.188. The van der Waals surface area contributed by atoms with Crippen LogP contribution in [0.5, 0.6) is 0 Å². The van der Waals surface area contributed by atoms with Gasteiger partial charge in [-0.3, -0.25) is 0 Å². The summed E-state index contributed by atoms with van der Waals surface area (Å²) in [5.74, 6) is -0.196. The van der Waals surface area contributed by atoms with E-state index >= 15 is 0 Å². The van der Waals surface area contributed by atoms with Gasteiger partial charge in [0.1, 0.15) is 12.6 Å². The number of halogens is 1. The number of hydrogen-bond acceptors (Lipinski definition) is 2. The molecule has 0 atom stereocenters. The Morgan fingerprint density at radius 2 is 2.15 bits per heavy atom. The Kier molecular flexibility index (Phi) is 3.86. The lowest BCUT2D eigenvalue weighted by molar-refractivity contribution is -0.0398. The summed E-state index contributed by atoms with van der Waals surface area (Å²) < 4.78 is 23.0. The summed E-state index contributed by atoms with van der Waals surface area (Å²) in [5, 5.41) is 0. The second-order valence-corrected chi connectivity index (χ2v) is 2.80. The molecule has 2 nitrogen and oxygen atoms in total. The van der Waals surface area contributed by atoms with Crippen LogP contribution in [0.2, 0.25) is 0 Å². The van der Waals surface area contributed by atoms with E-state index in [0.717, 1.165) is 0 Å². The molecule has 0 spiro atoms. The Labute approximate surface area is 77.3 Å². The van der Waals surface area contributed by atoms with Gasteiger partial charge in [0.15, 0.2) is 0 Å². The topological polar surface area (TPSA) is 18.5 Å². The third kappa shape index (κ3) is 2.79. The molecule has 0 aliphatic carbocycles. The Hall–Kier alpha value is -0.930. The van der Waals surface area contributed by atoms with Gasteiger partial charge in [0, 0.05) is 12.7 Å². The lowest BCUT2D eigenvalue weighted by Gasteiger charge is -2.05. The van der Waals surface area contributed by atoms with Gasteiger partial charge in [-0.2, -0.15) is 0 Å². The summed E-state index contributed by atoms with van der Waals surface area (Å²) in [6.45, 7) is 2.17. The minimum atomic E-state index is -0.196. The first-order chi connectivity index (χ1) is 6.25. The summed E-state index contributed by atoms with van der Waals surface area (Å²) in [6, 6.07) is 5.25. The summed E-state index contributed by atoms with van der Waals surface area (Å²) in [6.07, 6.45) is 0. The van der Waals surface area contributed by atoms with Crippen LogP contribution in [0.25, 0.3) is 0 Å². The van der Waals surface area contributed by atoms with Gasteiger partial charge in [0.05, 0.1) is 6.61 Å². The second kappa shape index (κ2) is 4.94. The fourth-order valence-electron chi connectivity index (χ4n) is 1.05. The molecule has 0 N–H and O–H groups in total. The van der Waals surface area contributed by atoms with Gasteiger partial charge in [-0.05, 0) is 12.5 Å². The second-order valence-electron chi connectivity index (χ2n) is 2.80. The first-order valence-corrected chi connectivity index (χ1v) is 4.06. The van der Waals surface area contributed by atoms with Gasteiger partial charge < -0.3 is 9.47 Å². The van der Waals surface area contributed by atoms with Gasteiger partial charge in [-0.1, -0.05) is 18.2 Å². The number of aryl methyl sites for hydroxylation is 1. The van der Waals surface area contributed by atoms with Gasteiger partial charge in [-0.15, -0.1) is 0 Å². The molecule has 0 aliphatic heterocycles. The van der Waals surface area contributed by atoms with E-state index in [-0.39, 0.29) is 19.2 Å². The molecule has 1 rings (SSSR count). The molecule has 0 saturated carbocycles. The molecule has 0 fully saturated rings. The Morgan fingerprint density at radius 1 is 1.38 bits per heavy atom. The summed E-state index contributed by atoms with van der Waals surface area (Å²) in [7, 11) is 1.53. The zero-order valence-electron chi connectivity index (χ0n) is 7.84. The predicted octanol–water partition coefficient (Wildman–Crippen LogP) is 2.25. The third-order valence-corrected chi connectivity index (χ3v) is 1.73. The maximum Gasteiger partial charge on any atom is 0.146 e. The van der Waals surface area contributed by atoms with Crippen molar-refractivity contribution in [1.29, 1.82) is 0 Å². The van der Waals surface area contributed by atoms with Crippen molar-refractivity contribution in [3.05, 3.63) is 35.1 Å². The van der Waals surface area contributed by atoms with Gasteiger partial charge in [0.25, 0.3) is 0 Å². The number of rotatable bonds is 4. The standard InChI is InChI=1S/C10H13FO2/c1-8-4-3-5-9(10(8)11)6-13-7-12-2/h3-5H,6-7H2,1-2H3. The van der Waals surface area contributed by atoms with Gasteiger partial charge in [0.2, 0.25) is 0 Å². The zero-order chi connectivity index (χ0) is 9.68. The molecule has 0 aliphatic rings. The van der Waals surface area contributed by atoms with E-state index in [2.05, 4.69) is 4.74 Å². The van der Waals surface area contributed by atoms with Gasteiger partial charge >= 0.3 is 0 Å². The van der Waals surface area contributed by atoms with Gasteiger partial charge in [-0.25, -0.2) is 4.39 Å². The smallest absolute Gasteiger partial charge is 0.146 e. The van der Waals surface area contributed by atoms with E-state index in [9.17, 15) is 4.39 Å². The predicted molar refractivity (Wildman–Crippen MR) is 47.8 cm³/mol. The van der Waals surface area contributed by atoms with Crippen LogP contribution in [0.1, 0.15) is 11.1 Å². The lowest BCUT2D eigenvalue weighted by Crippen LogP contribution is -2.00. The first kappa shape index (κ1) is 10.2. The normalized spacial score (nSPS) is 10.4. The SMILES string of the molecule is COCOCc1cccc(C)c1F. The maximum absolute atomic E-state index is 13.3. The number of hydrogen-bond donors (Lipinski definition) is 0. The number of benzene rings is 1. The molecule has 0 heterocycles. The highest BCUT2D eigenvalue weighted by molar-refractivity contribution is 5.24. The van der Waals surface area contributed by atoms with Crippen LogP contribution in [0.15, 0.2) is 18.2 Å². The van der Waals surface area contributed by atoms with Crippen molar-refractivity contribution in [3.63, 3.8) is 0 Å². The van der Waals surface area contributed by atoms with E-state index in [0.29, 0.717) is 11.1 Å². The molecule has 3 heteroatoms. The van der Waals surface area contributed by atoms with Crippen LogP contribution in [0, 0.1) is 12.7 Å². The molecule has 0 unspecified atom stereocenters. The number of ether oxygens (including phenoxy) is 2. The van der Waals surface area contributed by atoms with Crippen LogP contribution in [-0.4, -0.2) is 13.9 Å². The molecule has 0 radical (unpaired) electrons. The number of methoxy groups -OCH3 is 1. The van der Waals surface area contributed by atoms with E-state index in [4.69, 9.17) is 4.74 Å². The quantitative estimate of drug-likeness (QED) is 0.528. The lowest BCUT2D eigenvalue weighted by atomic mass is 10.1. The van der Waals surface area contributed by atoms with Crippen molar-refractivity contribution in [2.24, 2.45) is 0 Å². The monoisotopic (exact) mass is 184 g/mol. The molecule has 0 saturated heterocycles. The highest BCUT2D eigenvalue weighted by Crippen LogP contribution is 2.12. The average molecular weight is 184 g/mol. The fourth-order valence-corrected chi connectivity index (χ4v) is 1.05. The summed E-state index contributed by atoms with van der Waals surface area (Å²) in [5.41, 5.74) is 1.20. The summed E-state index contributed by atoms with van der Waals surface area (Å²) in [4.78, 5) is 0. The zero-order valence-corrected chi connectivity index (χ0v) is 7.84. The molecule has 72 valence electrons. The van der Waals surface area contributed by atoms with E-state index in [1.165, 1.54) is 7.11 Å². The van der Waals surface area contributed by atoms with Crippen molar-refractivity contribution < 1.29 is 13.9 Å². The molecule has 1 aromatic carbocycles. The molecule has 1 aromatic rings. The Morgan fingerprint density at radius 3 is 2.85 bits per heavy atom. The molecule has 0 bridgehead atoms. The van der Waals surface area contributed by atoms with Crippen LogP contribution in [0.4, 0.5) is 4.39 Å². The van der Waals surface area contributed by atoms with Crippen LogP contribution in [-0.2, 0) is 16.1 Å². The van der Waals surface area contributed by atoms with Crippen LogP contribution in [0.3, 0.4) is 0 Å². The molecular formula is C10H13FO2. The van der Waals surface area contributed by atoms with E-state index < -0.39 is 0 Å².